The second-order valence-corrected chi connectivity index (χ2v) is 10.4. The Morgan fingerprint density at radius 3 is 1.91 bits per heavy atom. The van der Waals surface area contributed by atoms with Gasteiger partial charge in [-0.1, -0.05) is 51.1 Å². The predicted molar refractivity (Wildman–Crippen MR) is 158 cm³/mol. The van der Waals surface area contributed by atoms with Crippen LogP contribution in [-0.2, 0) is 44.7 Å². The van der Waals surface area contributed by atoms with E-state index in [1.807, 2.05) is 0 Å². The summed E-state index contributed by atoms with van der Waals surface area (Å²) in [6.45, 7) is 6.80. The van der Waals surface area contributed by atoms with E-state index in [9.17, 15) is 29.3 Å². The van der Waals surface area contributed by atoms with E-state index in [-0.39, 0.29) is 37.2 Å². The van der Waals surface area contributed by atoms with Crippen LogP contribution in [0.3, 0.4) is 0 Å². The lowest BCUT2D eigenvalue weighted by molar-refractivity contribution is -0.384. The summed E-state index contributed by atoms with van der Waals surface area (Å²) in [5, 5.41) is 11.5. The molecule has 1 aliphatic heterocycles. The second-order valence-electron chi connectivity index (χ2n) is 10.4. The first-order valence-electron chi connectivity index (χ1n) is 15.0. The molecule has 0 N–H and O–H groups in total. The smallest absolute Gasteiger partial charge is 0.342 e. The van der Waals surface area contributed by atoms with Crippen LogP contribution in [0.2, 0.25) is 0 Å². The fourth-order valence-electron chi connectivity index (χ4n) is 4.55. The first-order valence-corrected chi connectivity index (χ1v) is 15.0. The van der Waals surface area contributed by atoms with Crippen molar-refractivity contribution in [2.75, 3.05) is 0 Å². The van der Waals surface area contributed by atoms with Gasteiger partial charge < -0.3 is 28.4 Å². The maximum absolute atomic E-state index is 13.2. The number of carbonyl (C=O) groups is 4. The topological polar surface area (TPSA) is 167 Å². The average molecular weight is 630 g/mol. The van der Waals surface area contributed by atoms with Gasteiger partial charge in [0.25, 0.3) is 5.69 Å². The van der Waals surface area contributed by atoms with Crippen LogP contribution in [0.15, 0.2) is 48.5 Å². The fourth-order valence-corrected chi connectivity index (χ4v) is 4.55. The summed E-state index contributed by atoms with van der Waals surface area (Å²) >= 11 is 0. The van der Waals surface area contributed by atoms with E-state index in [4.69, 9.17) is 28.4 Å². The predicted octanol–water partition coefficient (Wildman–Crippen LogP) is 5.21. The van der Waals surface area contributed by atoms with Crippen LogP contribution in [0.1, 0.15) is 82.1 Å². The van der Waals surface area contributed by atoms with Crippen molar-refractivity contribution in [2.24, 2.45) is 0 Å². The molecule has 3 rings (SSSR count). The molecule has 0 amide bonds. The summed E-state index contributed by atoms with van der Waals surface area (Å²) in [6.07, 6.45) is -4.76. The van der Waals surface area contributed by atoms with Gasteiger partial charge in [-0.15, -0.1) is 0 Å². The molecule has 1 aliphatic rings. The minimum absolute atomic E-state index is 0.0171. The molecule has 0 radical (unpaired) electrons. The molecule has 13 heteroatoms. The summed E-state index contributed by atoms with van der Waals surface area (Å²) in [4.78, 5) is 62.1. The van der Waals surface area contributed by atoms with E-state index in [0.29, 0.717) is 24.8 Å². The maximum atomic E-state index is 13.2. The molecular formula is C32H39NO12. The van der Waals surface area contributed by atoms with Gasteiger partial charge in [-0.2, -0.15) is 0 Å². The van der Waals surface area contributed by atoms with Crippen molar-refractivity contribution >= 4 is 29.6 Å². The lowest BCUT2D eigenvalue weighted by atomic mass is 9.98. The quantitative estimate of drug-likeness (QED) is 0.109. The number of non-ortho nitro benzene ring substituents is 1. The van der Waals surface area contributed by atoms with Crippen LogP contribution < -0.4 is 4.74 Å². The Kier molecular flexibility index (Phi) is 13.3. The highest BCUT2D eigenvalue weighted by Crippen LogP contribution is 2.33. The van der Waals surface area contributed by atoms with Crippen LogP contribution in [0, 0.1) is 10.1 Å². The zero-order chi connectivity index (χ0) is 32.9. The highest BCUT2D eigenvalue weighted by Gasteiger charge is 2.52. The number of hydrogen-bond acceptors (Lipinski definition) is 12. The lowest BCUT2D eigenvalue weighted by Crippen LogP contribution is -2.62. The number of esters is 4. The molecule has 1 saturated heterocycles. The van der Waals surface area contributed by atoms with E-state index >= 15 is 0 Å². The molecule has 5 unspecified atom stereocenters. The van der Waals surface area contributed by atoms with Gasteiger partial charge in [0, 0.05) is 31.4 Å². The Labute approximate surface area is 261 Å². The fraction of sp³-hybridized carbons (Fsp3) is 0.500. The first kappa shape index (κ1) is 35.0. The average Bonchev–Trinajstić information content (AvgIpc) is 3.00. The monoisotopic (exact) mass is 629 g/mol. The number of benzene rings is 2. The van der Waals surface area contributed by atoms with E-state index in [1.54, 1.807) is 58.0 Å². The van der Waals surface area contributed by atoms with Crippen molar-refractivity contribution in [3.8, 4) is 5.75 Å². The third-order valence-corrected chi connectivity index (χ3v) is 6.74. The SMILES string of the molecule is CCCC(=O)OC1C(C)OC(Oc2ccc([N+](=O)[O-])cc2C(=O)OCc2ccccc2)C(OC(=O)CCC)C1OC(=O)CCC. The Morgan fingerprint density at radius 1 is 0.800 bits per heavy atom. The molecule has 1 heterocycles. The maximum Gasteiger partial charge on any atom is 0.342 e. The highest BCUT2D eigenvalue weighted by atomic mass is 16.7. The molecule has 45 heavy (non-hydrogen) atoms. The number of carbonyl (C=O) groups excluding carboxylic acids is 4. The van der Waals surface area contributed by atoms with Crippen molar-refractivity contribution < 1.29 is 52.5 Å². The molecule has 0 spiro atoms. The van der Waals surface area contributed by atoms with Gasteiger partial charge >= 0.3 is 23.9 Å². The lowest BCUT2D eigenvalue weighted by Gasteiger charge is -2.43. The number of ether oxygens (including phenoxy) is 6. The Morgan fingerprint density at radius 2 is 1.36 bits per heavy atom. The van der Waals surface area contributed by atoms with E-state index in [0.717, 1.165) is 12.1 Å². The number of nitro benzene ring substituents is 1. The molecule has 0 saturated carbocycles. The molecule has 2 aromatic carbocycles. The number of rotatable bonds is 15. The van der Waals surface area contributed by atoms with Crippen molar-refractivity contribution in [1.82, 2.24) is 0 Å². The van der Waals surface area contributed by atoms with Gasteiger partial charge in [-0.3, -0.25) is 24.5 Å². The van der Waals surface area contributed by atoms with Crippen LogP contribution in [0.5, 0.6) is 5.75 Å². The number of nitrogens with zero attached hydrogens (tertiary/aromatic N) is 1. The summed E-state index contributed by atoms with van der Waals surface area (Å²) in [5.74, 6) is -2.93. The van der Waals surface area contributed by atoms with Crippen molar-refractivity contribution in [3.05, 3.63) is 69.8 Å². The molecule has 2 aromatic rings. The molecule has 0 aromatic heterocycles. The zero-order valence-corrected chi connectivity index (χ0v) is 25.8. The van der Waals surface area contributed by atoms with Gasteiger partial charge in [0.05, 0.1) is 11.0 Å². The van der Waals surface area contributed by atoms with Crippen LogP contribution in [0.25, 0.3) is 0 Å². The summed E-state index contributed by atoms with van der Waals surface area (Å²) in [6, 6.07) is 12.1. The summed E-state index contributed by atoms with van der Waals surface area (Å²) in [7, 11) is 0. The van der Waals surface area contributed by atoms with Crippen molar-refractivity contribution in [2.45, 2.75) is 104 Å². The molecule has 244 valence electrons. The van der Waals surface area contributed by atoms with Gasteiger partial charge in [-0.05, 0) is 37.8 Å². The van der Waals surface area contributed by atoms with Gasteiger partial charge in [-0.25, -0.2) is 4.79 Å². The normalized spacial score (nSPS) is 20.8. The Balaban J connectivity index is 2.01. The largest absolute Gasteiger partial charge is 0.460 e. The molecule has 1 fully saturated rings. The van der Waals surface area contributed by atoms with E-state index in [2.05, 4.69) is 0 Å². The third kappa shape index (κ3) is 10.00. The Hall–Kier alpha value is -4.52. The molecular weight excluding hydrogens is 590 g/mol. The second kappa shape index (κ2) is 17.1. The van der Waals surface area contributed by atoms with Crippen LogP contribution in [-0.4, -0.2) is 59.5 Å². The minimum Gasteiger partial charge on any atom is -0.460 e. The zero-order valence-electron chi connectivity index (χ0n) is 25.8. The standard InChI is InChI=1S/C32H39NO12/c1-5-11-25(34)43-28-20(4)41-32(30(45-27(36)13-7-3)29(28)44-26(35)12-6-2)42-24-17-16-22(33(38)39)18-23(24)31(37)40-19-21-14-9-8-10-15-21/h8-10,14-18,20,28-30,32H,5-7,11-13,19H2,1-4H3. The molecule has 0 bridgehead atoms. The molecule has 0 aliphatic carbocycles. The minimum atomic E-state index is -1.48. The van der Waals surface area contributed by atoms with Gasteiger partial charge in [0.15, 0.2) is 12.2 Å². The van der Waals surface area contributed by atoms with Gasteiger partial charge in [0.2, 0.25) is 12.4 Å². The van der Waals surface area contributed by atoms with Crippen LogP contribution in [0.4, 0.5) is 5.69 Å². The van der Waals surface area contributed by atoms with Crippen LogP contribution >= 0.6 is 0 Å². The molecule has 5 atom stereocenters. The van der Waals surface area contributed by atoms with E-state index in [1.165, 1.54) is 6.07 Å². The third-order valence-electron chi connectivity index (χ3n) is 6.74. The van der Waals surface area contributed by atoms with Gasteiger partial charge in [0.1, 0.15) is 17.9 Å². The Bertz CT molecular complexity index is 1330. The van der Waals surface area contributed by atoms with Crippen molar-refractivity contribution in [1.29, 1.82) is 0 Å². The number of nitro groups is 1. The molecule has 13 nitrogen and oxygen atoms in total. The number of hydrogen-bond donors (Lipinski definition) is 0. The van der Waals surface area contributed by atoms with E-state index < -0.39 is 65.2 Å². The highest BCUT2D eigenvalue weighted by molar-refractivity contribution is 5.93. The summed E-state index contributed by atoms with van der Waals surface area (Å²) < 4.78 is 34.6. The van der Waals surface area contributed by atoms with Crippen molar-refractivity contribution in [3.63, 3.8) is 0 Å². The first-order chi connectivity index (χ1) is 21.6. The summed E-state index contributed by atoms with van der Waals surface area (Å²) in [5.41, 5.74) is 0.00432.